The smallest absolute Gasteiger partial charge is 0.232 e. The van der Waals surface area contributed by atoms with Crippen molar-refractivity contribution >= 4 is 32.4 Å². The van der Waals surface area contributed by atoms with Gasteiger partial charge in [-0.15, -0.1) is 0 Å². The second kappa shape index (κ2) is 12.1. The standard InChI is InChI=1S/C30H37N5O3S/c1-3-21-39(36,37)33-25-11-13-26(14-12-25)38-20-19-34-15-17-35(18-16-34)28-10-6-9-27-29(28)32-30(31-27)24-8-5-7-23(4-2)22-24/h5-14,22,33H,3-4,15-21H2,1-2H3,(H,31,32). The summed E-state index contributed by atoms with van der Waals surface area (Å²) < 4.78 is 32.4. The molecule has 0 aliphatic carbocycles. The summed E-state index contributed by atoms with van der Waals surface area (Å²) in [6.07, 6.45) is 1.59. The molecule has 1 fully saturated rings. The van der Waals surface area contributed by atoms with Crippen molar-refractivity contribution in [1.29, 1.82) is 0 Å². The van der Waals surface area contributed by atoms with Gasteiger partial charge < -0.3 is 14.6 Å². The molecule has 8 nitrogen and oxygen atoms in total. The average molecular weight is 548 g/mol. The van der Waals surface area contributed by atoms with Gasteiger partial charge in [-0.2, -0.15) is 0 Å². The lowest BCUT2D eigenvalue weighted by molar-refractivity contribution is 0.200. The van der Waals surface area contributed by atoms with Crippen molar-refractivity contribution in [2.45, 2.75) is 26.7 Å². The van der Waals surface area contributed by atoms with Gasteiger partial charge in [-0.05, 0) is 60.9 Å². The van der Waals surface area contributed by atoms with Crippen molar-refractivity contribution in [2.24, 2.45) is 0 Å². The quantitative estimate of drug-likeness (QED) is 0.270. The number of piperazine rings is 1. The number of ether oxygens (including phenoxy) is 1. The molecule has 39 heavy (non-hydrogen) atoms. The van der Waals surface area contributed by atoms with Crippen LogP contribution in [0.1, 0.15) is 25.8 Å². The molecule has 1 aliphatic rings. The number of nitrogens with zero attached hydrogens (tertiary/aromatic N) is 3. The highest BCUT2D eigenvalue weighted by Gasteiger charge is 2.20. The largest absolute Gasteiger partial charge is 0.492 e. The predicted octanol–water partition coefficient (Wildman–Crippen LogP) is 5.15. The third-order valence-electron chi connectivity index (χ3n) is 7.09. The van der Waals surface area contributed by atoms with E-state index in [0.717, 1.165) is 67.3 Å². The Morgan fingerprint density at radius 3 is 2.49 bits per heavy atom. The molecule has 0 radical (unpaired) electrons. The lowest BCUT2D eigenvalue weighted by Gasteiger charge is -2.36. The second-order valence-electron chi connectivity index (χ2n) is 9.94. The molecule has 2 N–H and O–H groups in total. The van der Waals surface area contributed by atoms with Gasteiger partial charge in [0.15, 0.2) is 0 Å². The number of nitrogens with one attached hydrogen (secondary N) is 2. The maximum absolute atomic E-state index is 11.9. The molecule has 5 rings (SSSR count). The minimum absolute atomic E-state index is 0.115. The van der Waals surface area contributed by atoms with Crippen molar-refractivity contribution in [3.8, 4) is 17.1 Å². The third kappa shape index (κ3) is 6.72. The van der Waals surface area contributed by atoms with Gasteiger partial charge in [0.2, 0.25) is 10.0 Å². The number of hydrogen-bond donors (Lipinski definition) is 2. The maximum atomic E-state index is 11.9. The second-order valence-corrected chi connectivity index (χ2v) is 11.8. The fraction of sp³-hybridized carbons (Fsp3) is 0.367. The molecule has 1 aromatic heterocycles. The van der Waals surface area contributed by atoms with Gasteiger partial charge in [0.1, 0.15) is 23.7 Å². The molecular formula is C30H37N5O3S. The predicted molar refractivity (Wildman–Crippen MR) is 159 cm³/mol. The van der Waals surface area contributed by atoms with Gasteiger partial charge in [-0.1, -0.05) is 38.1 Å². The molecule has 0 bridgehead atoms. The van der Waals surface area contributed by atoms with E-state index in [9.17, 15) is 8.42 Å². The molecule has 3 aromatic carbocycles. The fourth-order valence-electron chi connectivity index (χ4n) is 4.97. The number of aryl methyl sites for hydroxylation is 1. The Kier molecular flexibility index (Phi) is 8.38. The molecule has 9 heteroatoms. The van der Waals surface area contributed by atoms with Crippen LogP contribution in [0.2, 0.25) is 0 Å². The number of para-hydroxylation sites is 1. The molecule has 206 valence electrons. The molecule has 1 aliphatic heterocycles. The lowest BCUT2D eigenvalue weighted by Crippen LogP contribution is -2.47. The summed E-state index contributed by atoms with van der Waals surface area (Å²) in [5.74, 6) is 1.76. The highest BCUT2D eigenvalue weighted by atomic mass is 32.2. The highest BCUT2D eigenvalue weighted by molar-refractivity contribution is 7.92. The molecule has 0 atom stereocenters. The molecular weight excluding hydrogens is 510 g/mol. The maximum Gasteiger partial charge on any atom is 0.232 e. The van der Waals surface area contributed by atoms with E-state index >= 15 is 0 Å². The molecule has 0 spiro atoms. The van der Waals surface area contributed by atoms with Gasteiger partial charge in [0.05, 0.1) is 17.0 Å². The first-order valence-corrected chi connectivity index (χ1v) is 15.4. The van der Waals surface area contributed by atoms with Crippen LogP contribution in [0.3, 0.4) is 0 Å². The van der Waals surface area contributed by atoms with Gasteiger partial charge in [0, 0.05) is 44.0 Å². The summed E-state index contributed by atoms with van der Waals surface area (Å²) >= 11 is 0. The number of hydrogen-bond acceptors (Lipinski definition) is 6. The zero-order valence-corrected chi connectivity index (χ0v) is 23.5. The molecule has 2 heterocycles. The Hall–Kier alpha value is -3.56. The van der Waals surface area contributed by atoms with Gasteiger partial charge in [-0.25, -0.2) is 13.4 Å². The van der Waals surface area contributed by atoms with E-state index in [1.54, 1.807) is 24.3 Å². The number of rotatable bonds is 11. The minimum atomic E-state index is -3.29. The zero-order valence-electron chi connectivity index (χ0n) is 22.7. The number of sulfonamides is 1. The number of aromatic nitrogens is 2. The van der Waals surface area contributed by atoms with Crippen molar-refractivity contribution in [1.82, 2.24) is 14.9 Å². The van der Waals surface area contributed by atoms with Crippen LogP contribution in [0.5, 0.6) is 5.75 Å². The summed E-state index contributed by atoms with van der Waals surface area (Å²) in [6.45, 7) is 9.19. The number of imidazole rings is 1. The lowest BCUT2D eigenvalue weighted by atomic mass is 10.1. The Labute approximate surface area is 231 Å². The summed E-state index contributed by atoms with van der Waals surface area (Å²) in [6, 6.07) is 22.0. The van der Waals surface area contributed by atoms with Gasteiger partial charge >= 0.3 is 0 Å². The first-order chi connectivity index (χ1) is 18.9. The third-order valence-corrected chi connectivity index (χ3v) is 8.58. The molecule has 0 amide bonds. The first kappa shape index (κ1) is 27.0. The Morgan fingerprint density at radius 2 is 1.74 bits per heavy atom. The van der Waals surface area contributed by atoms with E-state index in [0.29, 0.717) is 18.7 Å². The van der Waals surface area contributed by atoms with Gasteiger partial charge in [-0.3, -0.25) is 9.62 Å². The van der Waals surface area contributed by atoms with Crippen molar-refractivity contribution in [3.05, 3.63) is 72.3 Å². The molecule has 0 unspecified atom stereocenters. The Balaban J connectivity index is 1.14. The molecule has 4 aromatic rings. The highest BCUT2D eigenvalue weighted by Crippen LogP contribution is 2.29. The van der Waals surface area contributed by atoms with Crippen LogP contribution >= 0.6 is 0 Å². The zero-order chi connectivity index (χ0) is 27.2. The monoisotopic (exact) mass is 547 g/mol. The van der Waals surface area contributed by atoms with E-state index in [-0.39, 0.29) is 5.75 Å². The number of aromatic amines is 1. The van der Waals surface area contributed by atoms with E-state index in [2.05, 4.69) is 68.9 Å². The summed E-state index contributed by atoms with van der Waals surface area (Å²) in [5.41, 5.74) is 6.23. The number of anilines is 2. The molecule has 1 saturated heterocycles. The number of benzene rings is 3. The Morgan fingerprint density at radius 1 is 0.974 bits per heavy atom. The van der Waals surface area contributed by atoms with Gasteiger partial charge in [0.25, 0.3) is 0 Å². The summed E-state index contributed by atoms with van der Waals surface area (Å²) in [5, 5.41) is 0. The first-order valence-electron chi connectivity index (χ1n) is 13.7. The van der Waals surface area contributed by atoms with Crippen LogP contribution in [-0.4, -0.2) is 68.4 Å². The van der Waals surface area contributed by atoms with Crippen LogP contribution in [-0.2, 0) is 16.4 Å². The minimum Gasteiger partial charge on any atom is -0.492 e. The topological polar surface area (TPSA) is 90.6 Å². The van der Waals surface area contributed by atoms with E-state index in [1.807, 2.05) is 6.92 Å². The normalized spacial score (nSPS) is 14.6. The van der Waals surface area contributed by atoms with E-state index in [1.165, 1.54) is 11.3 Å². The number of fused-ring (bicyclic) bond motifs is 1. The van der Waals surface area contributed by atoms with Crippen molar-refractivity contribution in [2.75, 3.05) is 54.7 Å². The van der Waals surface area contributed by atoms with Crippen LogP contribution in [0.25, 0.3) is 22.4 Å². The van der Waals surface area contributed by atoms with Crippen LogP contribution in [0.4, 0.5) is 11.4 Å². The number of H-pyrrole nitrogens is 1. The summed E-state index contributed by atoms with van der Waals surface area (Å²) in [4.78, 5) is 13.4. The van der Waals surface area contributed by atoms with Crippen LogP contribution in [0.15, 0.2) is 66.7 Å². The van der Waals surface area contributed by atoms with Crippen molar-refractivity contribution < 1.29 is 13.2 Å². The fourth-order valence-corrected chi connectivity index (χ4v) is 6.11. The molecule has 0 saturated carbocycles. The van der Waals surface area contributed by atoms with Crippen LogP contribution < -0.4 is 14.4 Å². The average Bonchev–Trinajstić information content (AvgIpc) is 3.39. The van der Waals surface area contributed by atoms with Crippen molar-refractivity contribution in [3.63, 3.8) is 0 Å². The van der Waals surface area contributed by atoms with E-state index in [4.69, 9.17) is 9.72 Å². The Bertz CT molecular complexity index is 1490. The van der Waals surface area contributed by atoms with Crippen LogP contribution in [0, 0.1) is 0 Å². The summed E-state index contributed by atoms with van der Waals surface area (Å²) in [7, 11) is -3.29. The van der Waals surface area contributed by atoms with E-state index < -0.39 is 10.0 Å². The SMILES string of the molecule is CCCS(=O)(=O)Nc1ccc(OCCN2CCN(c3cccc4[nH]c(-c5cccc(CC)c5)nc34)CC2)cc1.